The van der Waals surface area contributed by atoms with Crippen LogP contribution in [0.5, 0.6) is 0 Å². The summed E-state index contributed by atoms with van der Waals surface area (Å²) in [4.78, 5) is 17.6. The molecule has 1 saturated heterocycles. The van der Waals surface area contributed by atoms with Crippen molar-refractivity contribution in [2.45, 2.75) is 25.4 Å². The van der Waals surface area contributed by atoms with Gasteiger partial charge in [0, 0.05) is 24.0 Å². The molecule has 0 saturated carbocycles. The molecule has 1 amide bonds. The highest BCUT2D eigenvalue weighted by Gasteiger charge is 2.32. The second kappa shape index (κ2) is 5.70. The first kappa shape index (κ1) is 15.0. The molecule has 21 heavy (non-hydrogen) atoms. The number of thiophene rings is 1. The largest absolute Gasteiger partial charge is 0.337 e. The average Bonchev–Trinajstić information content (AvgIpc) is 3.03. The minimum absolute atomic E-state index is 0.0135. The summed E-state index contributed by atoms with van der Waals surface area (Å²) < 4.78 is 23.0. The van der Waals surface area contributed by atoms with Crippen molar-refractivity contribution in [1.82, 2.24) is 9.80 Å². The quantitative estimate of drug-likeness (QED) is 0.822. The molecule has 5 nitrogen and oxygen atoms in total. The first-order valence-corrected chi connectivity index (χ1v) is 9.88. The van der Waals surface area contributed by atoms with Crippen molar-refractivity contribution in [2.75, 3.05) is 31.6 Å². The van der Waals surface area contributed by atoms with Crippen LogP contribution in [0.2, 0.25) is 0 Å². The van der Waals surface area contributed by atoms with Gasteiger partial charge >= 0.3 is 0 Å². The smallest absolute Gasteiger partial charge is 0.237 e. The summed E-state index contributed by atoms with van der Waals surface area (Å²) in [6.07, 6.45) is 1.57. The molecule has 0 aromatic carbocycles. The third kappa shape index (κ3) is 3.30. The number of amides is 1. The van der Waals surface area contributed by atoms with Gasteiger partial charge in [0.15, 0.2) is 9.84 Å². The number of carbonyl (C=O) groups is 1. The molecule has 0 radical (unpaired) electrons. The van der Waals surface area contributed by atoms with Crippen LogP contribution in [-0.4, -0.2) is 61.8 Å². The number of fused-ring (bicyclic) bond motifs is 1. The van der Waals surface area contributed by atoms with Gasteiger partial charge in [-0.05, 0) is 36.9 Å². The predicted molar refractivity (Wildman–Crippen MR) is 83.1 cm³/mol. The van der Waals surface area contributed by atoms with Gasteiger partial charge in [0.25, 0.3) is 0 Å². The molecule has 7 heteroatoms. The summed E-state index contributed by atoms with van der Waals surface area (Å²) in [5, 5.41) is 2.08. The van der Waals surface area contributed by atoms with E-state index in [1.54, 1.807) is 11.3 Å². The minimum atomic E-state index is -2.90. The van der Waals surface area contributed by atoms with Crippen molar-refractivity contribution in [3.8, 4) is 0 Å². The van der Waals surface area contributed by atoms with Crippen LogP contribution >= 0.6 is 11.3 Å². The Hall–Kier alpha value is -0.920. The first-order valence-electron chi connectivity index (χ1n) is 7.18. The lowest BCUT2D eigenvalue weighted by Gasteiger charge is -2.30. The van der Waals surface area contributed by atoms with Gasteiger partial charge in [-0.1, -0.05) is 0 Å². The molecule has 3 heterocycles. The lowest BCUT2D eigenvalue weighted by Crippen LogP contribution is -2.44. The number of likely N-dealkylation sites (N-methyl/N-ethyl adjacent to an activating group) is 1. The summed E-state index contributed by atoms with van der Waals surface area (Å²) in [6, 6.07) is 2.08. The lowest BCUT2D eigenvalue weighted by atomic mass is 10.1. The molecule has 0 spiro atoms. The molecule has 0 unspecified atom stereocenters. The van der Waals surface area contributed by atoms with Crippen molar-refractivity contribution in [3.63, 3.8) is 0 Å². The molecule has 1 atom stereocenters. The van der Waals surface area contributed by atoms with Crippen LogP contribution in [0.4, 0.5) is 0 Å². The second-order valence-corrected chi connectivity index (χ2v) is 9.14. The van der Waals surface area contributed by atoms with Gasteiger partial charge in [-0.3, -0.25) is 9.69 Å². The summed E-state index contributed by atoms with van der Waals surface area (Å²) in [5.41, 5.74) is 1.26. The molecule has 0 N–H and O–H groups in total. The van der Waals surface area contributed by atoms with Crippen LogP contribution in [0.25, 0.3) is 0 Å². The molecule has 3 rings (SSSR count). The zero-order chi connectivity index (χ0) is 15.0. The Morgan fingerprint density at radius 2 is 2.33 bits per heavy atom. The average molecular weight is 328 g/mol. The van der Waals surface area contributed by atoms with Crippen LogP contribution in [0, 0.1) is 0 Å². The van der Waals surface area contributed by atoms with Crippen molar-refractivity contribution < 1.29 is 13.2 Å². The second-order valence-electron chi connectivity index (χ2n) is 5.91. The monoisotopic (exact) mass is 328 g/mol. The van der Waals surface area contributed by atoms with Gasteiger partial charge in [0.05, 0.1) is 18.1 Å². The van der Waals surface area contributed by atoms with Gasteiger partial charge in [0.2, 0.25) is 5.91 Å². The number of hydrogen-bond donors (Lipinski definition) is 0. The Morgan fingerprint density at radius 3 is 3.05 bits per heavy atom. The number of hydrogen-bond acceptors (Lipinski definition) is 5. The van der Waals surface area contributed by atoms with Crippen LogP contribution in [-0.2, 0) is 27.6 Å². The van der Waals surface area contributed by atoms with E-state index in [0.717, 1.165) is 13.0 Å². The Morgan fingerprint density at radius 1 is 1.52 bits per heavy atom. The van der Waals surface area contributed by atoms with Gasteiger partial charge in [-0.2, -0.15) is 0 Å². The van der Waals surface area contributed by atoms with E-state index in [1.165, 1.54) is 10.4 Å². The number of rotatable bonds is 3. The zero-order valence-electron chi connectivity index (χ0n) is 12.1. The molecule has 1 fully saturated rings. The Balaban J connectivity index is 1.57. The van der Waals surface area contributed by atoms with E-state index in [1.807, 2.05) is 16.8 Å². The molecule has 2 aliphatic heterocycles. The van der Waals surface area contributed by atoms with E-state index in [-0.39, 0.29) is 23.5 Å². The fourth-order valence-electron chi connectivity index (χ4n) is 3.03. The standard InChI is InChI=1S/C14H20N2O3S2/c1-15(12-4-7-21(18,19)10-12)9-14(17)16-5-2-13-11(8-16)3-6-20-13/h3,6,12H,2,4-5,7-10H2,1H3/t12-/m1/s1. The Bertz CT molecular complexity index is 638. The van der Waals surface area contributed by atoms with Gasteiger partial charge in [0.1, 0.15) is 0 Å². The molecule has 0 bridgehead atoms. The molecule has 1 aromatic heterocycles. The van der Waals surface area contributed by atoms with Crippen LogP contribution in [0.15, 0.2) is 11.4 Å². The van der Waals surface area contributed by atoms with E-state index >= 15 is 0 Å². The highest BCUT2D eigenvalue weighted by Crippen LogP contribution is 2.24. The maximum absolute atomic E-state index is 12.4. The normalized spacial score (nSPS) is 24.3. The zero-order valence-corrected chi connectivity index (χ0v) is 13.8. The molecule has 0 aliphatic carbocycles. The van der Waals surface area contributed by atoms with Crippen LogP contribution < -0.4 is 0 Å². The highest BCUT2D eigenvalue weighted by molar-refractivity contribution is 7.91. The number of nitrogens with zero attached hydrogens (tertiary/aromatic N) is 2. The van der Waals surface area contributed by atoms with E-state index in [2.05, 4.69) is 11.4 Å². The van der Waals surface area contributed by atoms with Crippen molar-refractivity contribution in [1.29, 1.82) is 0 Å². The topological polar surface area (TPSA) is 57.7 Å². The van der Waals surface area contributed by atoms with Crippen molar-refractivity contribution >= 4 is 27.1 Å². The third-order valence-corrected chi connectivity index (χ3v) is 7.15. The predicted octanol–water partition coefficient (Wildman–Crippen LogP) is 0.752. The molecule has 1 aromatic rings. The fourth-order valence-corrected chi connectivity index (χ4v) is 5.72. The summed E-state index contributed by atoms with van der Waals surface area (Å²) in [7, 11) is -1.05. The maximum Gasteiger partial charge on any atom is 0.237 e. The van der Waals surface area contributed by atoms with Crippen molar-refractivity contribution in [3.05, 3.63) is 21.9 Å². The number of sulfone groups is 1. The van der Waals surface area contributed by atoms with Gasteiger partial charge in [-0.25, -0.2) is 8.42 Å². The SMILES string of the molecule is CN(CC(=O)N1CCc2sccc2C1)[C@@H]1CCS(=O)(=O)C1. The molecular formula is C14H20N2O3S2. The van der Waals surface area contributed by atoms with E-state index in [9.17, 15) is 13.2 Å². The van der Waals surface area contributed by atoms with Crippen LogP contribution in [0.1, 0.15) is 16.9 Å². The maximum atomic E-state index is 12.4. The van der Waals surface area contributed by atoms with Crippen molar-refractivity contribution in [2.24, 2.45) is 0 Å². The summed E-state index contributed by atoms with van der Waals surface area (Å²) in [6.45, 7) is 1.76. The third-order valence-electron chi connectivity index (χ3n) is 4.38. The number of carbonyl (C=O) groups excluding carboxylic acids is 1. The Labute approximate surface area is 129 Å². The summed E-state index contributed by atoms with van der Waals surface area (Å²) in [5.74, 6) is 0.530. The molecular weight excluding hydrogens is 308 g/mol. The lowest BCUT2D eigenvalue weighted by molar-refractivity contribution is -0.133. The van der Waals surface area contributed by atoms with Gasteiger partial charge in [-0.15, -0.1) is 11.3 Å². The first-order chi connectivity index (χ1) is 9.94. The fraction of sp³-hybridized carbons (Fsp3) is 0.643. The Kier molecular flexibility index (Phi) is 4.07. The van der Waals surface area contributed by atoms with E-state index in [0.29, 0.717) is 19.5 Å². The van der Waals surface area contributed by atoms with E-state index in [4.69, 9.17) is 0 Å². The molecule has 116 valence electrons. The van der Waals surface area contributed by atoms with Gasteiger partial charge < -0.3 is 4.90 Å². The highest BCUT2D eigenvalue weighted by atomic mass is 32.2. The van der Waals surface area contributed by atoms with Crippen LogP contribution in [0.3, 0.4) is 0 Å². The van der Waals surface area contributed by atoms with E-state index < -0.39 is 9.84 Å². The summed E-state index contributed by atoms with van der Waals surface area (Å²) >= 11 is 1.76. The molecule has 2 aliphatic rings. The minimum Gasteiger partial charge on any atom is -0.337 e.